The van der Waals surface area contributed by atoms with Crippen molar-refractivity contribution < 1.29 is 19.0 Å². The normalized spacial score (nSPS) is 15.0. The van der Waals surface area contributed by atoms with Gasteiger partial charge in [0.05, 0.1) is 0 Å². The zero-order valence-electron chi connectivity index (χ0n) is 18.6. The second-order valence-electron chi connectivity index (χ2n) is 8.23. The first-order chi connectivity index (χ1) is 15.7. The van der Waals surface area contributed by atoms with Gasteiger partial charge in [-0.15, -0.1) is 0 Å². The van der Waals surface area contributed by atoms with Gasteiger partial charge in [-0.25, -0.2) is 4.79 Å². The summed E-state index contributed by atoms with van der Waals surface area (Å²) in [5, 5.41) is 0. The molecule has 0 radical (unpaired) electrons. The molecule has 0 bridgehead atoms. The Kier molecular flexibility index (Phi) is 7.44. The van der Waals surface area contributed by atoms with Gasteiger partial charge in [-0.1, -0.05) is 80.4 Å². The topological polar surface area (TPSA) is 44.8 Å². The van der Waals surface area contributed by atoms with Gasteiger partial charge in [-0.3, -0.25) is 0 Å². The SMILES string of the molecule is CCCCC[C@H]1Cc2cc(OCc3ccccc3)cc(OCc3ccccc3)c2C(=O)O1. The third-order valence-corrected chi connectivity index (χ3v) is 5.70. The van der Waals surface area contributed by atoms with Crippen LogP contribution in [-0.2, 0) is 24.4 Å². The maximum Gasteiger partial charge on any atom is 0.342 e. The molecule has 0 fully saturated rings. The molecule has 0 aliphatic carbocycles. The number of rotatable bonds is 10. The first-order valence-corrected chi connectivity index (χ1v) is 11.4. The lowest BCUT2D eigenvalue weighted by atomic mass is 9.94. The zero-order valence-corrected chi connectivity index (χ0v) is 18.6. The number of carbonyl (C=O) groups excluding carboxylic acids is 1. The highest BCUT2D eigenvalue weighted by Crippen LogP contribution is 2.35. The van der Waals surface area contributed by atoms with Crippen molar-refractivity contribution in [2.24, 2.45) is 0 Å². The number of ether oxygens (including phenoxy) is 3. The summed E-state index contributed by atoms with van der Waals surface area (Å²) in [6.45, 7) is 3.01. The van der Waals surface area contributed by atoms with Gasteiger partial charge < -0.3 is 14.2 Å². The lowest BCUT2D eigenvalue weighted by Gasteiger charge is -2.27. The highest BCUT2D eigenvalue weighted by molar-refractivity contribution is 5.95. The van der Waals surface area contributed by atoms with E-state index in [2.05, 4.69) is 6.92 Å². The standard InChI is InChI=1S/C28H30O4/c1-2-3-6-15-24-16-23-17-25(30-19-21-11-7-4-8-12-21)18-26(27(23)28(29)32-24)31-20-22-13-9-5-10-14-22/h4-5,7-14,17-18,24H,2-3,6,15-16,19-20H2,1H3/t24-/m0/s1. The van der Waals surface area contributed by atoms with E-state index in [4.69, 9.17) is 14.2 Å². The smallest absolute Gasteiger partial charge is 0.342 e. The third kappa shape index (κ3) is 5.70. The van der Waals surface area contributed by atoms with Crippen LogP contribution < -0.4 is 9.47 Å². The van der Waals surface area contributed by atoms with Crippen LogP contribution in [0.25, 0.3) is 0 Å². The van der Waals surface area contributed by atoms with Crippen molar-refractivity contribution in [1.29, 1.82) is 0 Å². The van der Waals surface area contributed by atoms with Crippen molar-refractivity contribution in [3.05, 3.63) is 95.1 Å². The average Bonchev–Trinajstić information content (AvgIpc) is 2.82. The molecule has 0 spiro atoms. The molecular formula is C28H30O4. The molecule has 0 unspecified atom stereocenters. The Labute approximate surface area is 190 Å². The number of cyclic esters (lactones) is 1. The Bertz CT molecular complexity index is 1010. The van der Waals surface area contributed by atoms with E-state index in [1.54, 1.807) is 0 Å². The quantitative estimate of drug-likeness (QED) is 0.272. The van der Waals surface area contributed by atoms with E-state index < -0.39 is 0 Å². The Morgan fingerprint density at radius 3 is 2.19 bits per heavy atom. The lowest BCUT2D eigenvalue weighted by Crippen LogP contribution is -2.28. The van der Waals surface area contributed by atoms with Crippen molar-refractivity contribution in [3.8, 4) is 11.5 Å². The number of fused-ring (bicyclic) bond motifs is 1. The maximum atomic E-state index is 12.9. The summed E-state index contributed by atoms with van der Waals surface area (Å²) in [6, 6.07) is 23.8. The van der Waals surface area contributed by atoms with E-state index in [9.17, 15) is 4.79 Å². The van der Waals surface area contributed by atoms with Crippen LogP contribution in [0.2, 0.25) is 0 Å². The molecule has 0 saturated heterocycles. The molecule has 32 heavy (non-hydrogen) atoms. The predicted molar refractivity (Wildman–Crippen MR) is 125 cm³/mol. The van der Waals surface area contributed by atoms with E-state index in [0.29, 0.717) is 36.7 Å². The highest BCUT2D eigenvalue weighted by atomic mass is 16.5. The minimum absolute atomic E-state index is 0.0899. The summed E-state index contributed by atoms with van der Waals surface area (Å²) < 4.78 is 18.0. The summed E-state index contributed by atoms with van der Waals surface area (Å²) in [5.74, 6) is 0.925. The van der Waals surface area contributed by atoms with E-state index in [1.807, 2.05) is 72.8 Å². The molecule has 1 aliphatic rings. The Morgan fingerprint density at radius 1 is 0.875 bits per heavy atom. The van der Waals surface area contributed by atoms with Crippen molar-refractivity contribution in [2.45, 2.75) is 58.3 Å². The van der Waals surface area contributed by atoms with Gasteiger partial charge in [-0.2, -0.15) is 0 Å². The fourth-order valence-electron chi connectivity index (χ4n) is 3.99. The molecular weight excluding hydrogens is 400 g/mol. The summed E-state index contributed by atoms with van der Waals surface area (Å²) in [4.78, 5) is 12.9. The fourth-order valence-corrected chi connectivity index (χ4v) is 3.99. The van der Waals surface area contributed by atoms with Crippen molar-refractivity contribution in [2.75, 3.05) is 0 Å². The van der Waals surface area contributed by atoms with Gasteiger partial charge in [0.25, 0.3) is 0 Å². The first kappa shape index (κ1) is 21.9. The van der Waals surface area contributed by atoms with Crippen LogP contribution in [0.1, 0.15) is 59.7 Å². The van der Waals surface area contributed by atoms with E-state index in [0.717, 1.165) is 42.4 Å². The minimum atomic E-state index is -0.301. The van der Waals surface area contributed by atoms with Crippen LogP contribution in [0.15, 0.2) is 72.8 Å². The number of esters is 1. The van der Waals surface area contributed by atoms with E-state index in [1.165, 1.54) is 0 Å². The number of benzene rings is 3. The monoisotopic (exact) mass is 430 g/mol. The Hall–Kier alpha value is -3.27. The zero-order chi connectivity index (χ0) is 22.2. The van der Waals surface area contributed by atoms with Gasteiger partial charge in [0.2, 0.25) is 0 Å². The fraction of sp³-hybridized carbons (Fsp3) is 0.321. The number of carbonyl (C=O) groups is 1. The van der Waals surface area contributed by atoms with Gasteiger partial charge in [-0.05, 0) is 35.6 Å². The number of hydrogen-bond acceptors (Lipinski definition) is 4. The molecule has 3 aromatic rings. The van der Waals surface area contributed by atoms with Crippen molar-refractivity contribution in [1.82, 2.24) is 0 Å². The summed E-state index contributed by atoms with van der Waals surface area (Å²) in [6.07, 6.45) is 4.83. The van der Waals surface area contributed by atoms with Crippen LogP contribution in [0.5, 0.6) is 11.5 Å². The molecule has 1 aliphatic heterocycles. The lowest BCUT2D eigenvalue weighted by molar-refractivity contribution is 0.0225. The average molecular weight is 431 g/mol. The van der Waals surface area contributed by atoms with E-state index in [-0.39, 0.29) is 12.1 Å². The van der Waals surface area contributed by atoms with Gasteiger partial charge in [0.1, 0.15) is 36.4 Å². The molecule has 4 rings (SSSR count). The first-order valence-electron chi connectivity index (χ1n) is 11.4. The molecule has 1 atom stereocenters. The third-order valence-electron chi connectivity index (χ3n) is 5.70. The second-order valence-corrected chi connectivity index (χ2v) is 8.23. The van der Waals surface area contributed by atoms with Crippen LogP contribution in [0.3, 0.4) is 0 Å². The molecule has 4 nitrogen and oxygen atoms in total. The second kappa shape index (κ2) is 10.9. The maximum absolute atomic E-state index is 12.9. The molecule has 3 aromatic carbocycles. The molecule has 0 saturated carbocycles. The number of unbranched alkanes of at least 4 members (excludes halogenated alkanes) is 2. The van der Waals surface area contributed by atoms with Crippen molar-refractivity contribution in [3.63, 3.8) is 0 Å². The summed E-state index contributed by atoms with van der Waals surface area (Å²) >= 11 is 0. The molecule has 0 amide bonds. The van der Waals surface area contributed by atoms with Crippen LogP contribution in [0.4, 0.5) is 0 Å². The van der Waals surface area contributed by atoms with Crippen LogP contribution in [-0.4, -0.2) is 12.1 Å². The van der Waals surface area contributed by atoms with Gasteiger partial charge in [0.15, 0.2) is 0 Å². The molecule has 0 aromatic heterocycles. The largest absolute Gasteiger partial charge is 0.489 e. The summed E-state index contributed by atoms with van der Waals surface area (Å²) in [7, 11) is 0. The van der Waals surface area contributed by atoms with Gasteiger partial charge >= 0.3 is 5.97 Å². The predicted octanol–water partition coefficient (Wildman–Crippen LogP) is 6.51. The Balaban J connectivity index is 1.57. The molecule has 0 N–H and O–H groups in total. The van der Waals surface area contributed by atoms with E-state index >= 15 is 0 Å². The summed E-state index contributed by atoms with van der Waals surface area (Å²) in [5.41, 5.74) is 3.60. The Morgan fingerprint density at radius 2 is 1.53 bits per heavy atom. The highest BCUT2D eigenvalue weighted by Gasteiger charge is 2.30. The van der Waals surface area contributed by atoms with Crippen molar-refractivity contribution >= 4 is 5.97 Å². The minimum Gasteiger partial charge on any atom is -0.489 e. The molecule has 4 heteroatoms. The van der Waals surface area contributed by atoms with Gasteiger partial charge in [0, 0.05) is 12.5 Å². The number of hydrogen-bond donors (Lipinski definition) is 0. The van der Waals surface area contributed by atoms with Crippen LogP contribution in [0, 0.1) is 0 Å². The molecule has 1 heterocycles. The molecule has 166 valence electrons. The van der Waals surface area contributed by atoms with Crippen LogP contribution >= 0.6 is 0 Å².